The van der Waals surface area contributed by atoms with Crippen molar-refractivity contribution in [1.29, 1.82) is 0 Å². The maximum atomic E-state index is 14.3. The second-order valence-corrected chi connectivity index (χ2v) is 14.4. The number of hydrazone groups is 1. The fourth-order valence-corrected chi connectivity index (χ4v) is 7.50. The van der Waals surface area contributed by atoms with Crippen LogP contribution < -0.4 is 10.1 Å². The van der Waals surface area contributed by atoms with Gasteiger partial charge in [0.05, 0.1) is 18.2 Å². The van der Waals surface area contributed by atoms with Gasteiger partial charge in [-0.05, 0) is 88.7 Å². The van der Waals surface area contributed by atoms with Crippen LogP contribution in [0.25, 0.3) is 21.7 Å². The highest BCUT2D eigenvalue weighted by molar-refractivity contribution is 6.33. The topological polar surface area (TPSA) is 71.3 Å². The van der Waals surface area contributed by atoms with E-state index in [2.05, 4.69) is 34.7 Å². The zero-order valence-corrected chi connectivity index (χ0v) is 29.7. The van der Waals surface area contributed by atoms with Crippen molar-refractivity contribution in [3.8, 4) is 5.75 Å². The maximum absolute atomic E-state index is 14.3. The van der Waals surface area contributed by atoms with Gasteiger partial charge in [-0.1, -0.05) is 29.8 Å². The molecular weight excluding hydrogens is 629 g/mol. The SMILES string of the molecule is CC1=NN(C)[C@H](C)C1c1c(Cl)ccc2c(CCCOc3cccc4cc(F)ccc34)c(C(=O)OC(C)(C)C)n(CCN3CCNCC3)c12. The van der Waals surface area contributed by atoms with Gasteiger partial charge in [0.1, 0.15) is 22.9 Å². The summed E-state index contributed by atoms with van der Waals surface area (Å²) in [6.45, 7) is 15.6. The number of hydrogen-bond donors (Lipinski definition) is 1. The molecule has 0 bridgehead atoms. The monoisotopic (exact) mass is 675 g/mol. The minimum absolute atomic E-state index is 0.0297. The molecule has 2 aliphatic heterocycles. The summed E-state index contributed by atoms with van der Waals surface area (Å²) in [5.41, 5.74) is 3.83. The van der Waals surface area contributed by atoms with Crippen LogP contribution >= 0.6 is 11.6 Å². The lowest BCUT2D eigenvalue weighted by Gasteiger charge is -2.28. The number of carbonyl (C=O) groups is 1. The number of fused-ring (bicyclic) bond motifs is 2. The summed E-state index contributed by atoms with van der Waals surface area (Å²) in [4.78, 5) is 16.7. The third-order valence-electron chi connectivity index (χ3n) is 9.54. The highest BCUT2D eigenvalue weighted by Crippen LogP contribution is 2.42. The van der Waals surface area contributed by atoms with Crippen LogP contribution in [-0.2, 0) is 17.7 Å². The molecule has 1 aromatic heterocycles. The van der Waals surface area contributed by atoms with Crippen molar-refractivity contribution in [3.63, 3.8) is 0 Å². The number of nitrogens with zero attached hydrogens (tertiary/aromatic N) is 4. The highest BCUT2D eigenvalue weighted by Gasteiger charge is 2.37. The second kappa shape index (κ2) is 14.1. The molecule has 0 radical (unpaired) electrons. The Labute approximate surface area is 287 Å². The average Bonchev–Trinajstić information content (AvgIpc) is 3.49. The van der Waals surface area contributed by atoms with Gasteiger partial charge in [-0.3, -0.25) is 9.91 Å². The number of likely N-dealkylation sites (N-methyl/N-ethyl adjacent to an activating group) is 1. The Morgan fingerprint density at radius 1 is 1.08 bits per heavy atom. The molecule has 3 heterocycles. The smallest absolute Gasteiger partial charge is 0.355 e. The molecule has 1 unspecified atom stereocenters. The summed E-state index contributed by atoms with van der Waals surface area (Å²) in [5, 5.41) is 13.6. The van der Waals surface area contributed by atoms with Gasteiger partial charge < -0.3 is 19.4 Å². The molecule has 10 heteroatoms. The van der Waals surface area contributed by atoms with E-state index >= 15 is 0 Å². The van der Waals surface area contributed by atoms with Gasteiger partial charge in [0.15, 0.2) is 0 Å². The number of benzene rings is 3. The number of aromatic nitrogens is 1. The minimum atomic E-state index is -0.669. The molecule has 0 saturated carbocycles. The zero-order chi connectivity index (χ0) is 34.2. The number of aryl methyl sites for hydroxylation is 1. The van der Waals surface area contributed by atoms with Crippen LogP contribution in [0.1, 0.15) is 68.6 Å². The normalized spacial score (nSPS) is 18.9. The second-order valence-electron chi connectivity index (χ2n) is 14.0. The van der Waals surface area contributed by atoms with E-state index in [0.29, 0.717) is 42.5 Å². The first-order chi connectivity index (χ1) is 22.9. The third-order valence-corrected chi connectivity index (χ3v) is 9.87. The Morgan fingerprint density at radius 3 is 2.54 bits per heavy atom. The van der Waals surface area contributed by atoms with E-state index in [-0.39, 0.29) is 23.7 Å². The summed E-state index contributed by atoms with van der Waals surface area (Å²) < 4.78 is 28.4. The number of nitrogens with one attached hydrogen (secondary N) is 1. The lowest BCUT2D eigenvalue weighted by Crippen LogP contribution is -2.44. The van der Waals surface area contributed by atoms with E-state index < -0.39 is 5.60 Å². The lowest BCUT2D eigenvalue weighted by atomic mass is 9.87. The fraction of sp³-hybridized carbons (Fsp3) is 0.474. The van der Waals surface area contributed by atoms with Crippen molar-refractivity contribution in [2.45, 2.75) is 71.6 Å². The Kier molecular flexibility index (Phi) is 10.0. The standard InChI is InChI=1S/C38H47ClFN5O3/c1-24-33(25(2)43(6)42-24)34-31(39)15-14-30-29(10-8-22-47-32-11-7-9-26-23-27(40)12-13-28(26)32)36(37(46)48-38(3,4)5)45(35(30)34)21-20-44-18-16-41-17-19-44/h7,9,11-15,23,25,33,41H,8,10,16-22H2,1-6H3/t25-,33?/m1/s1. The van der Waals surface area contributed by atoms with Crippen LogP contribution in [0.5, 0.6) is 5.75 Å². The minimum Gasteiger partial charge on any atom is -0.493 e. The number of esters is 1. The highest BCUT2D eigenvalue weighted by atomic mass is 35.5. The molecule has 2 aliphatic rings. The van der Waals surface area contributed by atoms with Crippen LogP contribution in [0.2, 0.25) is 5.02 Å². The number of ether oxygens (including phenoxy) is 2. The summed E-state index contributed by atoms with van der Waals surface area (Å²) in [6, 6.07) is 14.5. The number of carbonyl (C=O) groups excluding carboxylic acids is 1. The van der Waals surface area contributed by atoms with Crippen molar-refractivity contribution in [2.24, 2.45) is 5.10 Å². The molecule has 1 N–H and O–H groups in total. The Morgan fingerprint density at radius 2 is 1.83 bits per heavy atom. The Balaban J connectivity index is 1.42. The third kappa shape index (κ3) is 7.05. The number of halogens is 2. The number of hydrogen-bond acceptors (Lipinski definition) is 7. The molecule has 0 spiro atoms. The molecule has 6 rings (SSSR count). The summed E-state index contributed by atoms with van der Waals surface area (Å²) in [5.74, 6) is 0.0664. The maximum Gasteiger partial charge on any atom is 0.355 e. The molecular formula is C38H47ClFN5O3. The first kappa shape index (κ1) is 34.2. The van der Waals surface area contributed by atoms with Gasteiger partial charge in [0.25, 0.3) is 0 Å². The largest absolute Gasteiger partial charge is 0.493 e. The average molecular weight is 676 g/mol. The van der Waals surface area contributed by atoms with E-state index in [9.17, 15) is 9.18 Å². The van der Waals surface area contributed by atoms with Gasteiger partial charge in [-0.2, -0.15) is 5.10 Å². The zero-order valence-electron chi connectivity index (χ0n) is 28.9. The van der Waals surface area contributed by atoms with Gasteiger partial charge in [-0.25, -0.2) is 9.18 Å². The number of rotatable bonds is 10. The van der Waals surface area contributed by atoms with Crippen molar-refractivity contribution >= 4 is 45.0 Å². The van der Waals surface area contributed by atoms with Crippen LogP contribution in [-0.4, -0.2) is 84.2 Å². The molecule has 1 fully saturated rings. The van der Waals surface area contributed by atoms with Gasteiger partial charge in [0, 0.05) is 79.3 Å². The molecule has 48 heavy (non-hydrogen) atoms. The van der Waals surface area contributed by atoms with Crippen molar-refractivity contribution in [3.05, 3.63) is 76.2 Å². The summed E-state index contributed by atoms with van der Waals surface area (Å²) in [6.07, 6.45) is 1.25. The predicted molar refractivity (Wildman–Crippen MR) is 192 cm³/mol. The Bertz CT molecular complexity index is 1840. The molecule has 0 amide bonds. The van der Waals surface area contributed by atoms with Crippen LogP contribution in [0.15, 0.2) is 53.6 Å². The van der Waals surface area contributed by atoms with Gasteiger partial charge >= 0.3 is 5.97 Å². The first-order valence-electron chi connectivity index (χ1n) is 17.0. The summed E-state index contributed by atoms with van der Waals surface area (Å²) in [7, 11) is 2.00. The summed E-state index contributed by atoms with van der Waals surface area (Å²) >= 11 is 7.12. The molecule has 1 saturated heterocycles. The quantitative estimate of drug-likeness (QED) is 0.141. The van der Waals surface area contributed by atoms with Crippen LogP contribution in [0.3, 0.4) is 0 Å². The molecule has 3 aromatic carbocycles. The Hall–Kier alpha value is -3.66. The van der Waals surface area contributed by atoms with E-state index in [1.165, 1.54) is 12.1 Å². The van der Waals surface area contributed by atoms with E-state index in [4.69, 9.17) is 26.2 Å². The van der Waals surface area contributed by atoms with Crippen molar-refractivity contribution in [2.75, 3.05) is 46.4 Å². The van der Waals surface area contributed by atoms with Crippen LogP contribution in [0, 0.1) is 5.82 Å². The van der Waals surface area contributed by atoms with E-state index in [1.54, 1.807) is 6.07 Å². The molecule has 8 nitrogen and oxygen atoms in total. The first-order valence-corrected chi connectivity index (χ1v) is 17.4. The number of piperazine rings is 1. The predicted octanol–water partition coefficient (Wildman–Crippen LogP) is 7.25. The molecule has 4 aromatic rings. The molecule has 0 aliphatic carbocycles. The van der Waals surface area contributed by atoms with E-state index in [1.807, 2.05) is 57.1 Å². The van der Waals surface area contributed by atoms with Crippen molar-refractivity contribution in [1.82, 2.24) is 19.8 Å². The van der Waals surface area contributed by atoms with Gasteiger partial charge in [-0.15, -0.1) is 0 Å². The molecule has 256 valence electrons. The fourth-order valence-electron chi connectivity index (χ4n) is 7.23. The van der Waals surface area contributed by atoms with Crippen LogP contribution in [0.4, 0.5) is 4.39 Å². The van der Waals surface area contributed by atoms with E-state index in [0.717, 1.165) is 71.2 Å². The molecule has 2 atom stereocenters. The van der Waals surface area contributed by atoms with Crippen molar-refractivity contribution < 1.29 is 18.7 Å². The lowest BCUT2D eigenvalue weighted by molar-refractivity contribution is 0.00561. The van der Waals surface area contributed by atoms with Gasteiger partial charge in [0.2, 0.25) is 0 Å².